The first-order valence-electron chi connectivity index (χ1n) is 9.46. The van der Waals surface area contributed by atoms with Crippen LogP contribution in [0.1, 0.15) is 74.7 Å². The zero-order valence-electron chi connectivity index (χ0n) is 16.8. The Hall–Kier alpha value is -1.89. The van der Waals surface area contributed by atoms with Gasteiger partial charge in [0, 0.05) is 17.3 Å². The molecule has 0 radical (unpaired) electrons. The molecule has 1 aliphatic carbocycles. The standard InChI is InChI=1S/C20H30N2O4S/c1-11(2)21-18(26)17-13-7-6-12(20(3,4)5)10-14(13)27-19(17)22-15(23)8-9-16(24)25/h11-12H,6-10H2,1-5H3,(H,21,26)(H,22,23)(H,24,25)/t12-/m0/s1. The highest BCUT2D eigenvalue weighted by Gasteiger charge is 2.34. The molecule has 3 N–H and O–H groups in total. The minimum Gasteiger partial charge on any atom is -0.481 e. The predicted molar refractivity (Wildman–Crippen MR) is 107 cm³/mol. The maximum atomic E-state index is 12.8. The molecule has 2 amide bonds. The zero-order chi connectivity index (χ0) is 20.4. The Bertz CT molecular complexity index is 731. The first-order chi connectivity index (χ1) is 12.5. The molecule has 0 saturated heterocycles. The quantitative estimate of drug-likeness (QED) is 0.683. The van der Waals surface area contributed by atoms with Crippen LogP contribution in [0.25, 0.3) is 0 Å². The van der Waals surface area contributed by atoms with Gasteiger partial charge in [-0.25, -0.2) is 0 Å². The van der Waals surface area contributed by atoms with Gasteiger partial charge in [0.15, 0.2) is 0 Å². The SMILES string of the molecule is CC(C)NC(=O)c1c(NC(=O)CCC(=O)O)sc2c1CC[C@H](C(C)(C)C)C2. The molecule has 1 heterocycles. The minimum atomic E-state index is -1.01. The first-order valence-corrected chi connectivity index (χ1v) is 10.3. The lowest BCUT2D eigenvalue weighted by atomic mass is 9.72. The normalized spacial score (nSPS) is 16.7. The Labute approximate surface area is 164 Å². The van der Waals surface area contributed by atoms with Gasteiger partial charge in [0.1, 0.15) is 5.00 Å². The minimum absolute atomic E-state index is 0.00507. The van der Waals surface area contributed by atoms with Gasteiger partial charge in [-0.05, 0) is 50.0 Å². The molecule has 7 heteroatoms. The number of amides is 2. The third kappa shape index (κ3) is 5.54. The molecule has 0 bridgehead atoms. The Kier molecular flexibility index (Phi) is 6.68. The van der Waals surface area contributed by atoms with Crippen molar-refractivity contribution in [3.05, 3.63) is 16.0 Å². The maximum Gasteiger partial charge on any atom is 0.303 e. The van der Waals surface area contributed by atoms with E-state index < -0.39 is 5.97 Å². The van der Waals surface area contributed by atoms with E-state index in [2.05, 4.69) is 31.4 Å². The molecule has 1 aromatic rings. The number of hydrogen-bond acceptors (Lipinski definition) is 4. The predicted octanol–water partition coefficient (Wildman–Crippen LogP) is 3.84. The van der Waals surface area contributed by atoms with E-state index in [-0.39, 0.29) is 36.1 Å². The molecule has 0 aromatic carbocycles. The maximum absolute atomic E-state index is 12.8. The number of anilines is 1. The van der Waals surface area contributed by atoms with Gasteiger partial charge in [-0.15, -0.1) is 11.3 Å². The topological polar surface area (TPSA) is 95.5 Å². The van der Waals surface area contributed by atoms with E-state index in [0.717, 1.165) is 29.7 Å². The van der Waals surface area contributed by atoms with Crippen LogP contribution in [-0.2, 0) is 22.4 Å². The molecule has 1 aliphatic rings. The molecular weight excluding hydrogens is 364 g/mol. The Morgan fingerprint density at radius 2 is 1.89 bits per heavy atom. The molecular formula is C20H30N2O4S. The van der Waals surface area contributed by atoms with Crippen molar-refractivity contribution in [3.63, 3.8) is 0 Å². The van der Waals surface area contributed by atoms with Crippen LogP contribution in [0, 0.1) is 11.3 Å². The lowest BCUT2D eigenvalue weighted by Gasteiger charge is -2.33. The highest BCUT2D eigenvalue weighted by atomic mass is 32.1. The highest BCUT2D eigenvalue weighted by molar-refractivity contribution is 7.17. The molecule has 27 heavy (non-hydrogen) atoms. The number of nitrogens with one attached hydrogen (secondary N) is 2. The average Bonchev–Trinajstić information content (AvgIpc) is 2.88. The second kappa shape index (κ2) is 8.42. The third-order valence-electron chi connectivity index (χ3n) is 4.96. The van der Waals surface area contributed by atoms with Gasteiger partial charge in [0.25, 0.3) is 5.91 Å². The van der Waals surface area contributed by atoms with E-state index in [9.17, 15) is 14.4 Å². The largest absolute Gasteiger partial charge is 0.481 e. The van der Waals surface area contributed by atoms with Crippen molar-refractivity contribution >= 4 is 34.1 Å². The number of fused-ring (bicyclic) bond motifs is 1. The second-order valence-electron chi connectivity index (χ2n) is 8.58. The second-order valence-corrected chi connectivity index (χ2v) is 9.69. The van der Waals surface area contributed by atoms with E-state index >= 15 is 0 Å². The fourth-order valence-corrected chi connectivity index (χ4v) is 4.74. The third-order valence-corrected chi connectivity index (χ3v) is 6.13. The van der Waals surface area contributed by atoms with Crippen LogP contribution in [0.3, 0.4) is 0 Å². The number of carbonyl (C=O) groups is 3. The Morgan fingerprint density at radius 1 is 1.22 bits per heavy atom. The van der Waals surface area contributed by atoms with E-state index in [1.54, 1.807) is 0 Å². The van der Waals surface area contributed by atoms with E-state index in [0.29, 0.717) is 16.5 Å². The lowest BCUT2D eigenvalue weighted by Crippen LogP contribution is -2.32. The number of hydrogen-bond donors (Lipinski definition) is 3. The van der Waals surface area contributed by atoms with Crippen LogP contribution in [-0.4, -0.2) is 28.9 Å². The summed E-state index contributed by atoms with van der Waals surface area (Å²) in [5, 5.41) is 15.0. The summed E-state index contributed by atoms with van der Waals surface area (Å²) in [5.41, 5.74) is 1.78. The molecule has 2 rings (SSSR count). The van der Waals surface area contributed by atoms with Crippen molar-refractivity contribution < 1.29 is 19.5 Å². The summed E-state index contributed by atoms with van der Waals surface area (Å²) < 4.78 is 0. The van der Waals surface area contributed by atoms with Crippen molar-refractivity contribution in [2.24, 2.45) is 11.3 Å². The molecule has 0 fully saturated rings. The van der Waals surface area contributed by atoms with Gasteiger partial charge in [-0.3, -0.25) is 14.4 Å². The van der Waals surface area contributed by atoms with Gasteiger partial charge in [0.05, 0.1) is 12.0 Å². The molecule has 0 unspecified atom stereocenters. The van der Waals surface area contributed by atoms with Crippen LogP contribution >= 0.6 is 11.3 Å². The summed E-state index contributed by atoms with van der Waals surface area (Å²) in [6.45, 7) is 10.5. The van der Waals surface area contributed by atoms with Crippen molar-refractivity contribution in [1.29, 1.82) is 0 Å². The van der Waals surface area contributed by atoms with Crippen molar-refractivity contribution in [3.8, 4) is 0 Å². The lowest BCUT2D eigenvalue weighted by molar-refractivity contribution is -0.138. The van der Waals surface area contributed by atoms with E-state index in [1.807, 2.05) is 13.8 Å². The van der Waals surface area contributed by atoms with E-state index in [1.165, 1.54) is 11.3 Å². The average molecular weight is 395 g/mol. The summed E-state index contributed by atoms with van der Waals surface area (Å²) in [6.07, 6.45) is 2.40. The first kappa shape index (κ1) is 21.4. The summed E-state index contributed by atoms with van der Waals surface area (Å²) >= 11 is 1.46. The van der Waals surface area contributed by atoms with Crippen molar-refractivity contribution in [2.45, 2.75) is 72.8 Å². The van der Waals surface area contributed by atoms with Crippen LogP contribution in [0.2, 0.25) is 0 Å². The van der Waals surface area contributed by atoms with Crippen LogP contribution in [0.15, 0.2) is 0 Å². The van der Waals surface area contributed by atoms with Crippen LogP contribution in [0.5, 0.6) is 0 Å². The number of carbonyl (C=O) groups excluding carboxylic acids is 2. The zero-order valence-corrected chi connectivity index (χ0v) is 17.6. The molecule has 1 atom stereocenters. The van der Waals surface area contributed by atoms with Crippen LogP contribution in [0.4, 0.5) is 5.00 Å². The molecule has 0 spiro atoms. The highest BCUT2D eigenvalue weighted by Crippen LogP contribution is 2.44. The monoisotopic (exact) mass is 394 g/mol. The van der Waals surface area contributed by atoms with E-state index in [4.69, 9.17) is 5.11 Å². The summed E-state index contributed by atoms with van der Waals surface area (Å²) in [7, 11) is 0. The number of carboxylic acid groups (broad SMARTS) is 1. The summed E-state index contributed by atoms with van der Waals surface area (Å²) in [6, 6.07) is -0.00507. The van der Waals surface area contributed by atoms with Gasteiger partial charge in [0.2, 0.25) is 5.91 Å². The molecule has 0 aliphatic heterocycles. The van der Waals surface area contributed by atoms with Gasteiger partial charge in [-0.2, -0.15) is 0 Å². The number of carboxylic acids is 1. The number of thiophene rings is 1. The smallest absolute Gasteiger partial charge is 0.303 e. The van der Waals surface area contributed by atoms with Gasteiger partial charge >= 0.3 is 5.97 Å². The fourth-order valence-electron chi connectivity index (χ4n) is 3.40. The van der Waals surface area contributed by atoms with Crippen molar-refractivity contribution in [2.75, 3.05) is 5.32 Å². The molecule has 0 saturated carbocycles. The summed E-state index contributed by atoms with van der Waals surface area (Å²) in [4.78, 5) is 36.8. The van der Waals surface area contributed by atoms with Gasteiger partial charge < -0.3 is 15.7 Å². The summed E-state index contributed by atoms with van der Waals surface area (Å²) in [5.74, 6) is -1.03. The van der Waals surface area contributed by atoms with Gasteiger partial charge in [-0.1, -0.05) is 20.8 Å². The molecule has 1 aromatic heterocycles. The van der Waals surface area contributed by atoms with Crippen molar-refractivity contribution in [1.82, 2.24) is 5.32 Å². The fraction of sp³-hybridized carbons (Fsp3) is 0.650. The molecule has 150 valence electrons. The van der Waals surface area contributed by atoms with Crippen LogP contribution < -0.4 is 10.6 Å². The number of rotatable bonds is 6. The number of aliphatic carboxylic acids is 1. The Morgan fingerprint density at radius 3 is 2.44 bits per heavy atom. The molecule has 6 nitrogen and oxygen atoms in total. The Balaban J connectivity index is 2.32.